The van der Waals surface area contributed by atoms with Gasteiger partial charge < -0.3 is 15.1 Å². The molecule has 1 saturated heterocycles. The molecule has 1 heterocycles. The Morgan fingerprint density at radius 3 is 2.57 bits per heavy atom. The summed E-state index contributed by atoms with van der Waals surface area (Å²) in [6.45, 7) is 2.74. The van der Waals surface area contributed by atoms with Gasteiger partial charge in [-0.1, -0.05) is 6.92 Å². The summed E-state index contributed by atoms with van der Waals surface area (Å²) in [6.07, 6.45) is -0.326. The van der Waals surface area contributed by atoms with E-state index < -0.39 is 24.4 Å². The normalized spacial score (nSPS) is 27.4. The van der Waals surface area contributed by atoms with Gasteiger partial charge in [0.1, 0.15) is 6.42 Å². The topological polar surface area (TPSA) is 77.8 Å². The number of likely N-dealkylation sites (tertiary alicyclic amines) is 1. The molecule has 0 aromatic carbocycles. The van der Waals surface area contributed by atoms with Crippen molar-refractivity contribution in [2.45, 2.75) is 25.9 Å². The second kappa shape index (κ2) is 4.41. The number of aliphatic carboxylic acids is 1. The summed E-state index contributed by atoms with van der Waals surface area (Å²) in [7, 11) is 0. The smallest absolute Gasteiger partial charge is 0.312 e. The van der Waals surface area contributed by atoms with Crippen LogP contribution in [-0.4, -0.2) is 46.2 Å². The number of piperidine rings is 1. The number of carboxylic acids is 1. The molecule has 14 heavy (non-hydrogen) atoms. The Labute approximate surface area is 82.3 Å². The molecule has 0 aromatic rings. The zero-order chi connectivity index (χ0) is 10.7. The third-order valence-corrected chi connectivity index (χ3v) is 2.29. The first-order chi connectivity index (χ1) is 6.49. The van der Waals surface area contributed by atoms with Gasteiger partial charge >= 0.3 is 5.97 Å². The minimum atomic E-state index is -1.12. The van der Waals surface area contributed by atoms with E-state index in [1.807, 2.05) is 6.92 Å². The van der Waals surface area contributed by atoms with Crippen LogP contribution in [0.1, 0.15) is 19.8 Å². The average molecular weight is 201 g/mol. The Balaban J connectivity index is 2.50. The molecule has 1 rings (SSSR count). The number of amides is 1. The molecule has 0 radical (unpaired) electrons. The summed E-state index contributed by atoms with van der Waals surface area (Å²) < 4.78 is 0. The van der Waals surface area contributed by atoms with Gasteiger partial charge in [-0.3, -0.25) is 9.59 Å². The lowest BCUT2D eigenvalue weighted by Crippen LogP contribution is -2.46. The molecule has 0 aromatic heterocycles. The highest BCUT2D eigenvalue weighted by molar-refractivity contribution is 5.93. The van der Waals surface area contributed by atoms with Crippen LogP contribution >= 0.6 is 0 Å². The molecule has 5 heteroatoms. The van der Waals surface area contributed by atoms with Crippen molar-refractivity contribution < 1.29 is 19.8 Å². The molecular weight excluding hydrogens is 186 g/mol. The van der Waals surface area contributed by atoms with E-state index in [1.165, 1.54) is 4.90 Å². The van der Waals surface area contributed by atoms with Gasteiger partial charge in [0.05, 0.1) is 6.10 Å². The second-order valence-corrected chi connectivity index (χ2v) is 3.86. The van der Waals surface area contributed by atoms with E-state index in [1.54, 1.807) is 0 Å². The molecule has 5 nitrogen and oxygen atoms in total. The molecule has 0 aliphatic carbocycles. The van der Waals surface area contributed by atoms with Crippen LogP contribution in [0, 0.1) is 5.92 Å². The van der Waals surface area contributed by atoms with Crippen molar-refractivity contribution in [3.05, 3.63) is 0 Å². The summed E-state index contributed by atoms with van der Waals surface area (Å²) >= 11 is 0. The monoisotopic (exact) mass is 201 g/mol. The maximum atomic E-state index is 11.3. The van der Waals surface area contributed by atoms with Crippen molar-refractivity contribution in [3.63, 3.8) is 0 Å². The number of nitrogens with zero attached hydrogens (tertiary/aromatic N) is 1. The quantitative estimate of drug-likeness (QED) is 0.601. The molecule has 1 aliphatic rings. The number of carbonyl (C=O) groups is 2. The number of carboxylic acid groups (broad SMARTS) is 1. The average Bonchev–Trinajstić information content (AvgIpc) is 2.00. The largest absolute Gasteiger partial charge is 0.481 e. The van der Waals surface area contributed by atoms with Crippen molar-refractivity contribution in [2.75, 3.05) is 13.1 Å². The second-order valence-electron chi connectivity index (χ2n) is 3.86. The van der Waals surface area contributed by atoms with Gasteiger partial charge in [0.25, 0.3) is 0 Å². The number of aliphatic hydroxyl groups excluding tert-OH is 1. The Bertz CT molecular complexity index is 231. The SMILES string of the molecule is C[C@@H]1C[C@H](O)CN(C(=O)CC(=O)O)C1. The predicted octanol–water partition coefficient (Wildman–Crippen LogP) is -0.310. The van der Waals surface area contributed by atoms with E-state index >= 15 is 0 Å². The molecule has 0 spiro atoms. The molecule has 0 saturated carbocycles. The first-order valence-electron chi connectivity index (χ1n) is 4.66. The van der Waals surface area contributed by atoms with E-state index in [0.29, 0.717) is 13.0 Å². The molecule has 1 amide bonds. The van der Waals surface area contributed by atoms with Gasteiger partial charge in [0, 0.05) is 13.1 Å². The Morgan fingerprint density at radius 1 is 1.43 bits per heavy atom. The van der Waals surface area contributed by atoms with Gasteiger partial charge in [-0.05, 0) is 12.3 Å². The molecule has 0 bridgehead atoms. The highest BCUT2D eigenvalue weighted by Crippen LogP contribution is 2.16. The standard InChI is InChI=1S/C9H15NO4/c1-6-2-7(11)5-10(4-6)8(12)3-9(13)14/h6-7,11H,2-5H2,1H3,(H,13,14)/t6-,7+/m1/s1. The summed E-state index contributed by atoms with van der Waals surface area (Å²) in [5.74, 6) is -1.30. The molecule has 1 fully saturated rings. The maximum absolute atomic E-state index is 11.3. The Morgan fingerprint density at radius 2 is 2.07 bits per heavy atom. The summed E-state index contributed by atoms with van der Waals surface area (Å²) in [5, 5.41) is 17.8. The van der Waals surface area contributed by atoms with Crippen molar-refractivity contribution >= 4 is 11.9 Å². The third-order valence-electron chi connectivity index (χ3n) is 2.29. The fraction of sp³-hybridized carbons (Fsp3) is 0.778. The highest BCUT2D eigenvalue weighted by atomic mass is 16.4. The van der Waals surface area contributed by atoms with Crippen LogP contribution in [0.15, 0.2) is 0 Å². The first-order valence-corrected chi connectivity index (χ1v) is 4.66. The van der Waals surface area contributed by atoms with Gasteiger partial charge in [0.15, 0.2) is 0 Å². The lowest BCUT2D eigenvalue weighted by molar-refractivity contribution is -0.146. The molecule has 1 aliphatic heterocycles. The van der Waals surface area contributed by atoms with E-state index in [-0.39, 0.29) is 12.5 Å². The van der Waals surface area contributed by atoms with Crippen LogP contribution in [0.4, 0.5) is 0 Å². The zero-order valence-electron chi connectivity index (χ0n) is 8.14. The predicted molar refractivity (Wildman–Crippen MR) is 48.6 cm³/mol. The zero-order valence-corrected chi connectivity index (χ0v) is 8.14. The van der Waals surface area contributed by atoms with E-state index in [4.69, 9.17) is 5.11 Å². The third kappa shape index (κ3) is 2.99. The first kappa shape index (κ1) is 11.0. The molecular formula is C9H15NO4. The van der Waals surface area contributed by atoms with Gasteiger partial charge in [-0.2, -0.15) is 0 Å². The summed E-state index contributed by atoms with van der Waals surface area (Å²) in [5.41, 5.74) is 0. The van der Waals surface area contributed by atoms with Gasteiger partial charge in [0.2, 0.25) is 5.91 Å². The van der Waals surface area contributed by atoms with Crippen molar-refractivity contribution in [1.82, 2.24) is 4.90 Å². The van der Waals surface area contributed by atoms with E-state index in [9.17, 15) is 14.7 Å². The molecule has 0 unspecified atom stereocenters. The Kier molecular flexibility index (Phi) is 3.46. The number of aliphatic hydroxyl groups is 1. The molecule has 80 valence electrons. The van der Waals surface area contributed by atoms with Crippen LogP contribution in [0.25, 0.3) is 0 Å². The van der Waals surface area contributed by atoms with Crippen LogP contribution in [0.5, 0.6) is 0 Å². The van der Waals surface area contributed by atoms with Crippen LogP contribution < -0.4 is 0 Å². The lowest BCUT2D eigenvalue weighted by atomic mass is 9.98. The number of β-amino-alcohol motifs (C(OH)–C–C–N with tert-alkyl or cyclic N) is 1. The van der Waals surface area contributed by atoms with E-state index in [2.05, 4.69) is 0 Å². The van der Waals surface area contributed by atoms with Gasteiger partial charge in [-0.15, -0.1) is 0 Å². The highest BCUT2D eigenvalue weighted by Gasteiger charge is 2.27. The van der Waals surface area contributed by atoms with E-state index in [0.717, 1.165) is 0 Å². The number of hydrogen-bond donors (Lipinski definition) is 2. The van der Waals surface area contributed by atoms with Crippen molar-refractivity contribution in [3.8, 4) is 0 Å². The fourth-order valence-corrected chi connectivity index (χ4v) is 1.76. The molecule has 2 N–H and O–H groups in total. The fourth-order valence-electron chi connectivity index (χ4n) is 1.76. The van der Waals surface area contributed by atoms with Crippen LogP contribution in [0.2, 0.25) is 0 Å². The van der Waals surface area contributed by atoms with Crippen molar-refractivity contribution in [2.24, 2.45) is 5.92 Å². The minimum Gasteiger partial charge on any atom is -0.481 e. The van der Waals surface area contributed by atoms with Crippen molar-refractivity contribution in [1.29, 1.82) is 0 Å². The maximum Gasteiger partial charge on any atom is 0.312 e. The van der Waals surface area contributed by atoms with Crippen LogP contribution in [0.3, 0.4) is 0 Å². The summed E-state index contributed by atoms with van der Waals surface area (Å²) in [6, 6.07) is 0. The van der Waals surface area contributed by atoms with Crippen LogP contribution in [-0.2, 0) is 9.59 Å². The minimum absolute atomic E-state index is 0.233. The number of carbonyl (C=O) groups excluding carboxylic acids is 1. The molecule has 2 atom stereocenters. The number of hydrogen-bond acceptors (Lipinski definition) is 3. The van der Waals surface area contributed by atoms with Gasteiger partial charge in [-0.25, -0.2) is 0 Å². The Hall–Kier alpha value is -1.10. The number of rotatable bonds is 2. The summed E-state index contributed by atoms with van der Waals surface area (Å²) in [4.78, 5) is 23.1. The lowest BCUT2D eigenvalue weighted by Gasteiger charge is -2.33.